The number of hydrogen-bond acceptors (Lipinski definition) is 4. The molecule has 0 spiro atoms. The first-order valence-electron chi connectivity index (χ1n) is 7.50. The Morgan fingerprint density at radius 3 is 2.52 bits per heavy atom. The van der Waals surface area contributed by atoms with E-state index in [0.717, 1.165) is 18.5 Å². The van der Waals surface area contributed by atoms with Crippen LogP contribution in [0, 0.1) is 0 Å². The zero-order valence-corrected chi connectivity index (χ0v) is 13.6. The molecule has 0 atom stereocenters. The second-order valence-electron chi connectivity index (χ2n) is 5.08. The lowest BCUT2D eigenvalue weighted by Crippen LogP contribution is -2.40. The predicted molar refractivity (Wildman–Crippen MR) is 82.8 cm³/mol. The molecule has 1 aliphatic rings. The van der Waals surface area contributed by atoms with Crippen LogP contribution in [0.2, 0.25) is 0 Å². The first-order valence-corrected chi connectivity index (χ1v) is 8.94. The van der Waals surface area contributed by atoms with Gasteiger partial charge >= 0.3 is 0 Å². The Balaban J connectivity index is 2.29. The number of rotatable bonds is 6. The van der Waals surface area contributed by atoms with Gasteiger partial charge in [0.25, 0.3) is 0 Å². The second kappa shape index (κ2) is 7.35. The normalized spacial score (nSPS) is 17.0. The molecule has 1 aromatic rings. The van der Waals surface area contributed by atoms with Crippen LogP contribution in [0.5, 0.6) is 0 Å². The fourth-order valence-electron chi connectivity index (χ4n) is 2.47. The van der Waals surface area contributed by atoms with Crippen molar-refractivity contribution in [2.75, 3.05) is 32.8 Å². The van der Waals surface area contributed by atoms with Crippen LogP contribution in [-0.2, 0) is 27.7 Å². The predicted octanol–water partition coefficient (Wildman–Crippen LogP) is 1.38. The Bertz CT molecular complexity index is 566. The monoisotopic (exact) mass is 312 g/mol. The van der Waals surface area contributed by atoms with E-state index in [0.29, 0.717) is 37.7 Å². The molecule has 6 heteroatoms. The van der Waals surface area contributed by atoms with E-state index in [9.17, 15) is 8.42 Å². The molecule has 118 valence electrons. The lowest BCUT2D eigenvalue weighted by molar-refractivity contribution is 0.0730. The first kappa shape index (κ1) is 16.4. The summed E-state index contributed by atoms with van der Waals surface area (Å²) in [6.07, 6.45) is 0.901. The van der Waals surface area contributed by atoms with Crippen LogP contribution in [-0.4, -0.2) is 45.6 Å². The van der Waals surface area contributed by atoms with Crippen molar-refractivity contribution >= 4 is 10.0 Å². The summed E-state index contributed by atoms with van der Waals surface area (Å²) >= 11 is 0. The minimum absolute atomic E-state index is 0.384. The van der Waals surface area contributed by atoms with Crippen LogP contribution in [0.1, 0.15) is 25.0 Å². The molecule has 1 N–H and O–H groups in total. The fraction of sp³-hybridized carbons (Fsp3) is 0.600. The maximum absolute atomic E-state index is 12.7. The van der Waals surface area contributed by atoms with Crippen LogP contribution in [0.25, 0.3) is 0 Å². The SMILES string of the molecule is CCNCc1cc(S(=O)(=O)N2CCOCC2)ccc1CC. The van der Waals surface area contributed by atoms with Crippen LogP contribution in [0.3, 0.4) is 0 Å². The Morgan fingerprint density at radius 2 is 1.90 bits per heavy atom. The Kier molecular flexibility index (Phi) is 5.75. The third-order valence-corrected chi connectivity index (χ3v) is 5.63. The van der Waals surface area contributed by atoms with Gasteiger partial charge in [-0.25, -0.2) is 8.42 Å². The van der Waals surface area contributed by atoms with E-state index >= 15 is 0 Å². The molecular formula is C15H24N2O3S. The van der Waals surface area contributed by atoms with E-state index in [4.69, 9.17) is 4.74 Å². The molecule has 5 nitrogen and oxygen atoms in total. The van der Waals surface area contributed by atoms with Gasteiger partial charge in [0.05, 0.1) is 18.1 Å². The Morgan fingerprint density at radius 1 is 1.19 bits per heavy atom. The number of aryl methyl sites for hydroxylation is 1. The van der Waals surface area contributed by atoms with Gasteiger partial charge in [0.1, 0.15) is 0 Å². The molecule has 0 saturated carbocycles. The number of hydrogen-bond donors (Lipinski definition) is 1. The fourth-order valence-corrected chi connectivity index (χ4v) is 3.93. The van der Waals surface area contributed by atoms with Crippen molar-refractivity contribution in [3.05, 3.63) is 29.3 Å². The van der Waals surface area contributed by atoms with Crippen LogP contribution in [0.4, 0.5) is 0 Å². The topological polar surface area (TPSA) is 58.6 Å². The number of morpholine rings is 1. The van der Waals surface area contributed by atoms with Gasteiger partial charge in [0, 0.05) is 19.6 Å². The van der Waals surface area contributed by atoms with Crippen molar-refractivity contribution in [2.24, 2.45) is 0 Å². The highest BCUT2D eigenvalue weighted by Crippen LogP contribution is 2.21. The van der Waals surface area contributed by atoms with E-state index in [1.165, 1.54) is 9.87 Å². The zero-order chi connectivity index (χ0) is 15.3. The van der Waals surface area contributed by atoms with Crippen molar-refractivity contribution < 1.29 is 13.2 Å². The largest absolute Gasteiger partial charge is 0.379 e. The standard InChI is InChI=1S/C15H24N2O3S/c1-3-13-5-6-15(11-14(13)12-16-4-2)21(18,19)17-7-9-20-10-8-17/h5-6,11,16H,3-4,7-10,12H2,1-2H3. The van der Waals surface area contributed by atoms with Gasteiger partial charge in [-0.05, 0) is 36.2 Å². The van der Waals surface area contributed by atoms with Gasteiger partial charge in [-0.3, -0.25) is 0 Å². The Labute approximate surface area is 127 Å². The third kappa shape index (κ3) is 3.83. The highest BCUT2D eigenvalue weighted by molar-refractivity contribution is 7.89. The molecule has 0 amide bonds. The van der Waals surface area contributed by atoms with E-state index in [-0.39, 0.29) is 0 Å². The maximum atomic E-state index is 12.7. The minimum atomic E-state index is -3.41. The zero-order valence-electron chi connectivity index (χ0n) is 12.8. The van der Waals surface area contributed by atoms with Gasteiger partial charge in [0.15, 0.2) is 0 Å². The molecule has 0 unspecified atom stereocenters. The second-order valence-corrected chi connectivity index (χ2v) is 7.02. The molecule has 0 bridgehead atoms. The van der Waals surface area contributed by atoms with E-state index in [1.54, 1.807) is 6.07 Å². The van der Waals surface area contributed by atoms with Crippen molar-refractivity contribution in [1.29, 1.82) is 0 Å². The number of ether oxygens (including phenoxy) is 1. The quantitative estimate of drug-likeness (QED) is 0.862. The number of nitrogens with zero attached hydrogens (tertiary/aromatic N) is 1. The summed E-state index contributed by atoms with van der Waals surface area (Å²) in [4.78, 5) is 0.384. The third-order valence-electron chi connectivity index (χ3n) is 3.73. The van der Waals surface area contributed by atoms with Gasteiger partial charge < -0.3 is 10.1 Å². The maximum Gasteiger partial charge on any atom is 0.243 e. The van der Waals surface area contributed by atoms with E-state index < -0.39 is 10.0 Å². The average molecular weight is 312 g/mol. The lowest BCUT2D eigenvalue weighted by atomic mass is 10.1. The average Bonchev–Trinajstić information content (AvgIpc) is 2.53. The molecular weight excluding hydrogens is 288 g/mol. The molecule has 0 aromatic heterocycles. The molecule has 1 aliphatic heterocycles. The van der Waals surface area contributed by atoms with E-state index in [2.05, 4.69) is 12.2 Å². The minimum Gasteiger partial charge on any atom is -0.379 e. The molecule has 0 aliphatic carbocycles. The van der Waals surface area contributed by atoms with Crippen LogP contribution < -0.4 is 5.32 Å². The summed E-state index contributed by atoms with van der Waals surface area (Å²) in [6, 6.07) is 5.46. The Hall–Kier alpha value is -0.950. The molecule has 1 saturated heterocycles. The summed E-state index contributed by atoms with van der Waals surface area (Å²) in [5.74, 6) is 0. The molecule has 1 heterocycles. The van der Waals surface area contributed by atoms with Crippen molar-refractivity contribution in [3.8, 4) is 0 Å². The van der Waals surface area contributed by atoms with Gasteiger partial charge in [-0.1, -0.05) is 19.9 Å². The molecule has 0 radical (unpaired) electrons. The number of sulfonamides is 1. The van der Waals surface area contributed by atoms with Gasteiger partial charge in [-0.2, -0.15) is 4.31 Å². The van der Waals surface area contributed by atoms with Crippen LogP contribution >= 0.6 is 0 Å². The summed E-state index contributed by atoms with van der Waals surface area (Å²) in [7, 11) is -3.41. The van der Waals surface area contributed by atoms with Crippen molar-refractivity contribution in [3.63, 3.8) is 0 Å². The van der Waals surface area contributed by atoms with E-state index in [1.807, 2.05) is 19.1 Å². The first-order chi connectivity index (χ1) is 10.1. The number of benzene rings is 1. The van der Waals surface area contributed by atoms with Crippen molar-refractivity contribution in [2.45, 2.75) is 31.7 Å². The molecule has 21 heavy (non-hydrogen) atoms. The molecule has 1 fully saturated rings. The van der Waals surface area contributed by atoms with Crippen molar-refractivity contribution in [1.82, 2.24) is 9.62 Å². The molecule has 2 rings (SSSR count). The summed E-state index contributed by atoms with van der Waals surface area (Å²) in [6.45, 7) is 7.49. The van der Waals surface area contributed by atoms with Crippen LogP contribution in [0.15, 0.2) is 23.1 Å². The summed E-state index contributed by atoms with van der Waals surface area (Å²) < 4.78 is 32.1. The highest BCUT2D eigenvalue weighted by Gasteiger charge is 2.26. The molecule has 1 aromatic carbocycles. The summed E-state index contributed by atoms with van der Waals surface area (Å²) in [5, 5.41) is 3.27. The van der Waals surface area contributed by atoms with Gasteiger partial charge in [0.2, 0.25) is 10.0 Å². The summed E-state index contributed by atoms with van der Waals surface area (Å²) in [5.41, 5.74) is 2.26. The smallest absolute Gasteiger partial charge is 0.243 e. The number of nitrogens with one attached hydrogen (secondary N) is 1. The van der Waals surface area contributed by atoms with Gasteiger partial charge in [-0.15, -0.1) is 0 Å². The lowest BCUT2D eigenvalue weighted by Gasteiger charge is -2.26. The highest BCUT2D eigenvalue weighted by atomic mass is 32.2.